The number of halogens is 2. The van der Waals surface area contributed by atoms with E-state index < -0.39 is 0 Å². The number of amides is 1. The number of nitrogens with two attached hydrogens (primary N) is 1. The molecule has 0 saturated heterocycles. The molecule has 3 nitrogen and oxygen atoms in total. The Labute approximate surface area is 131 Å². The van der Waals surface area contributed by atoms with Crippen molar-refractivity contribution in [3.05, 3.63) is 56.5 Å². The van der Waals surface area contributed by atoms with Crippen LogP contribution in [0.1, 0.15) is 21.5 Å². The van der Waals surface area contributed by atoms with Crippen LogP contribution in [0.25, 0.3) is 0 Å². The Morgan fingerprint density at radius 3 is 2.60 bits per heavy atom. The van der Waals surface area contributed by atoms with Crippen molar-refractivity contribution in [2.45, 2.75) is 13.8 Å². The van der Waals surface area contributed by atoms with Crippen molar-refractivity contribution in [3.8, 4) is 0 Å². The van der Waals surface area contributed by atoms with Gasteiger partial charge in [-0.3, -0.25) is 4.79 Å². The first-order chi connectivity index (χ1) is 9.38. The second-order valence-electron chi connectivity index (χ2n) is 4.60. The van der Waals surface area contributed by atoms with Gasteiger partial charge in [-0.1, -0.05) is 17.7 Å². The average molecular weight is 354 g/mol. The Hall–Kier alpha value is -1.52. The third-order valence-electron chi connectivity index (χ3n) is 3.03. The molecule has 0 spiro atoms. The van der Waals surface area contributed by atoms with Crippen molar-refractivity contribution in [1.82, 2.24) is 0 Å². The number of benzene rings is 2. The standard InChI is InChI=1S/C15H14BrClN2O/c1-8-5-9(2)13(18)7-11(8)15(20)19-14-6-10(17)3-4-12(14)16/h3-7H,18H2,1-2H3,(H,19,20). The summed E-state index contributed by atoms with van der Waals surface area (Å²) >= 11 is 9.31. The predicted molar refractivity (Wildman–Crippen MR) is 87.4 cm³/mol. The Kier molecular flexibility index (Phi) is 4.35. The zero-order chi connectivity index (χ0) is 14.9. The third kappa shape index (κ3) is 3.14. The summed E-state index contributed by atoms with van der Waals surface area (Å²) in [5.74, 6) is -0.211. The maximum absolute atomic E-state index is 12.3. The summed E-state index contributed by atoms with van der Waals surface area (Å²) in [6, 6.07) is 8.82. The monoisotopic (exact) mass is 352 g/mol. The number of carbonyl (C=O) groups excluding carboxylic acids is 1. The maximum atomic E-state index is 12.3. The molecule has 0 atom stereocenters. The second-order valence-corrected chi connectivity index (χ2v) is 5.89. The summed E-state index contributed by atoms with van der Waals surface area (Å²) in [6.07, 6.45) is 0. The van der Waals surface area contributed by atoms with Crippen molar-refractivity contribution in [2.24, 2.45) is 0 Å². The van der Waals surface area contributed by atoms with Crippen molar-refractivity contribution in [1.29, 1.82) is 0 Å². The van der Waals surface area contributed by atoms with Crippen molar-refractivity contribution in [2.75, 3.05) is 11.1 Å². The number of carbonyl (C=O) groups is 1. The first-order valence-electron chi connectivity index (χ1n) is 6.01. The number of anilines is 2. The molecule has 1 amide bonds. The Balaban J connectivity index is 2.33. The van der Waals surface area contributed by atoms with Gasteiger partial charge in [0.2, 0.25) is 0 Å². The van der Waals surface area contributed by atoms with Crippen LogP contribution in [0.15, 0.2) is 34.8 Å². The summed E-state index contributed by atoms with van der Waals surface area (Å²) in [5.41, 5.74) is 9.49. The number of hydrogen-bond acceptors (Lipinski definition) is 2. The molecule has 0 fully saturated rings. The molecule has 0 radical (unpaired) electrons. The molecule has 0 aliphatic rings. The van der Waals surface area contributed by atoms with Gasteiger partial charge in [0, 0.05) is 20.7 Å². The van der Waals surface area contributed by atoms with Gasteiger partial charge < -0.3 is 11.1 Å². The highest BCUT2D eigenvalue weighted by Gasteiger charge is 2.13. The van der Waals surface area contributed by atoms with Gasteiger partial charge in [0.05, 0.1) is 5.69 Å². The molecular formula is C15H14BrClN2O. The highest BCUT2D eigenvalue weighted by atomic mass is 79.9. The lowest BCUT2D eigenvalue weighted by atomic mass is 10.0. The van der Waals surface area contributed by atoms with E-state index in [2.05, 4.69) is 21.2 Å². The largest absolute Gasteiger partial charge is 0.398 e. The van der Waals surface area contributed by atoms with E-state index >= 15 is 0 Å². The fourth-order valence-corrected chi connectivity index (χ4v) is 2.41. The molecular weight excluding hydrogens is 340 g/mol. The lowest BCUT2D eigenvalue weighted by Gasteiger charge is -2.11. The SMILES string of the molecule is Cc1cc(C)c(C(=O)Nc2cc(Cl)ccc2Br)cc1N. The van der Waals surface area contributed by atoms with E-state index in [0.717, 1.165) is 15.6 Å². The molecule has 0 bridgehead atoms. The molecule has 0 aromatic heterocycles. The van der Waals surface area contributed by atoms with Gasteiger partial charge in [-0.05, 0) is 65.2 Å². The lowest BCUT2D eigenvalue weighted by molar-refractivity contribution is 0.102. The summed E-state index contributed by atoms with van der Waals surface area (Å²) in [5, 5.41) is 3.39. The van der Waals surface area contributed by atoms with Crippen LogP contribution in [0.3, 0.4) is 0 Å². The molecule has 0 unspecified atom stereocenters. The zero-order valence-corrected chi connectivity index (χ0v) is 13.5. The van der Waals surface area contributed by atoms with Gasteiger partial charge in [-0.2, -0.15) is 0 Å². The van der Waals surface area contributed by atoms with Gasteiger partial charge in [0.25, 0.3) is 5.91 Å². The first-order valence-corrected chi connectivity index (χ1v) is 7.18. The molecule has 0 heterocycles. The van der Waals surface area contributed by atoms with E-state index in [-0.39, 0.29) is 5.91 Å². The highest BCUT2D eigenvalue weighted by Crippen LogP contribution is 2.27. The summed E-state index contributed by atoms with van der Waals surface area (Å²) in [7, 11) is 0. The van der Waals surface area contributed by atoms with E-state index in [9.17, 15) is 4.79 Å². The Bertz CT molecular complexity index is 686. The van der Waals surface area contributed by atoms with E-state index in [4.69, 9.17) is 17.3 Å². The minimum Gasteiger partial charge on any atom is -0.398 e. The summed E-state index contributed by atoms with van der Waals surface area (Å²) < 4.78 is 0.771. The van der Waals surface area contributed by atoms with Crippen LogP contribution in [0.5, 0.6) is 0 Å². The Morgan fingerprint density at radius 1 is 1.20 bits per heavy atom. The minimum absolute atomic E-state index is 0.211. The quantitative estimate of drug-likeness (QED) is 0.778. The van der Waals surface area contributed by atoms with Gasteiger partial charge in [-0.25, -0.2) is 0 Å². The van der Waals surface area contributed by atoms with Crippen LogP contribution in [-0.2, 0) is 0 Å². The van der Waals surface area contributed by atoms with E-state index in [1.54, 1.807) is 24.3 Å². The smallest absolute Gasteiger partial charge is 0.256 e. The van der Waals surface area contributed by atoms with Crippen LogP contribution in [0.4, 0.5) is 11.4 Å². The minimum atomic E-state index is -0.211. The highest BCUT2D eigenvalue weighted by molar-refractivity contribution is 9.10. The summed E-state index contributed by atoms with van der Waals surface area (Å²) in [4.78, 5) is 12.3. The number of rotatable bonds is 2. The van der Waals surface area contributed by atoms with Crippen LogP contribution < -0.4 is 11.1 Å². The average Bonchev–Trinajstić information content (AvgIpc) is 2.38. The third-order valence-corrected chi connectivity index (χ3v) is 3.96. The molecule has 20 heavy (non-hydrogen) atoms. The topological polar surface area (TPSA) is 55.1 Å². The molecule has 0 saturated carbocycles. The fraction of sp³-hybridized carbons (Fsp3) is 0.133. The summed E-state index contributed by atoms with van der Waals surface area (Å²) in [6.45, 7) is 3.80. The van der Waals surface area contributed by atoms with Crippen LogP contribution in [0.2, 0.25) is 5.02 Å². The van der Waals surface area contributed by atoms with Gasteiger partial charge in [0.1, 0.15) is 0 Å². The van der Waals surface area contributed by atoms with Crippen molar-refractivity contribution < 1.29 is 4.79 Å². The fourth-order valence-electron chi connectivity index (χ4n) is 1.90. The van der Waals surface area contributed by atoms with Gasteiger partial charge in [-0.15, -0.1) is 0 Å². The van der Waals surface area contributed by atoms with Crippen molar-refractivity contribution in [3.63, 3.8) is 0 Å². The second kappa shape index (κ2) is 5.85. The predicted octanol–water partition coefficient (Wildman–Crippen LogP) is 4.55. The van der Waals surface area contributed by atoms with Crippen LogP contribution in [0, 0.1) is 13.8 Å². The number of aryl methyl sites for hydroxylation is 2. The van der Waals surface area contributed by atoms with Gasteiger partial charge in [0.15, 0.2) is 0 Å². The molecule has 5 heteroatoms. The molecule has 2 aromatic carbocycles. The van der Waals surface area contributed by atoms with E-state index in [0.29, 0.717) is 22.0 Å². The number of hydrogen-bond donors (Lipinski definition) is 2. The van der Waals surface area contributed by atoms with Gasteiger partial charge >= 0.3 is 0 Å². The molecule has 104 valence electrons. The molecule has 0 aliphatic carbocycles. The number of nitrogen functional groups attached to an aromatic ring is 1. The Morgan fingerprint density at radius 2 is 1.90 bits per heavy atom. The van der Waals surface area contributed by atoms with E-state index in [1.165, 1.54) is 0 Å². The lowest BCUT2D eigenvalue weighted by Crippen LogP contribution is -2.14. The molecule has 0 aliphatic heterocycles. The van der Waals surface area contributed by atoms with Crippen LogP contribution in [-0.4, -0.2) is 5.91 Å². The van der Waals surface area contributed by atoms with Crippen LogP contribution >= 0.6 is 27.5 Å². The zero-order valence-electron chi connectivity index (χ0n) is 11.1. The first kappa shape index (κ1) is 14.9. The normalized spacial score (nSPS) is 10.4. The maximum Gasteiger partial charge on any atom is 0.256 e. The molecule has 2 aromatic rings. The van der Waals surface area contributed by atoms with E-state index in [1.807, 2.05) is 19.9 Å². The number of nitrogens with one attached hydrogen (secondary N) is 1. The molecule has 2 rings (SSSR count). The molecule has 3 N–H and O–H groups in total. The van der Waals surface area contributed by atoms with Crippen molar-refractivity contribution >= 4 is 44.8 Å².